The van der Waals surface area contributed by atoms with Crippen LogP contribution < -0.4 is 4.90 Å². The molecule has 3 heterocycles. The molecule has 1 saturated carbocycles. The smallest absolute Gasteiger partial charge is 0.335 e. The number of alkyl halides is 5. The molecule has 1 fully saturated rings. The zero-order valence-corrected chi connectivity index (χ0v) is 17.8. The molecular weight excluding hydrogens is 474 g/mol. The van der Waals surface area contributed by atoms with Gasteiger partial charge in [0.25, 0.3) is 5.92 Å². The van der Waals surface area contributed by atoms with E-state index in [1.165, 1.54) is 18.3 Å². The first kappa shape index (κ1) is 22.0. The molecule has 5 rings (SSSR count). The predicted octanol–water partition coefficient (Wildman–Crippen LogP) is 5.43. The van der Waals surface area contributed by atoms with E-state index in [1.807, 2.05) is 0 Å². The largest absolute Gasteiger partial charge is 0.401 e. The summed E-state index contributed by atoms with van der Waals surface area (Å²) in [6.45, 7) is 1.35. The maximum absolute atomic E-state index is 15.1. The molecular formula is C21H15ClF6N4O. The molecule has 2 aliphatic rings. The minimum Gasteiger partial charge on any atom is -0.335 e. The van der Waals surface area contributed by atoms with E-state index in [2.05, 4.69) is 10.1 Å². The van der Waals surface area contributed by atoms with Crippen LogP contribution in [0.1, 0.15) is 31.0 Å². The van der Waals surface area contributed by atoms with Gasteiger partial charge in [0.1, 0.15) is 17.5 Å². The number of anilines is 2. The highest BCUT2D eigenvalue weighted by Gasteiger charge is 2.78. The second kappa shape index (κ2) is 6.40. The number of hydrogen-bond acceptors (Lipinski definition) is 4. The molecule has 12 heteroatoms. The second-order valence-corrected chi connectivity index (χ2v) is 9.20. The topological polar surface area (TPSA) is 50.5 Å². The molecule has 3 unspecified atom stereocenters. The van der Waals surface area contributed by atoms with E-state index in [1.54, 1.807) is 0 Å². The number of nitrogens with zero attached hydrogens (tertiary/aromatic N) is 4. The zero-order chi connectivity index (χ0) is 24.1. The zero-order valence-electron chi connectivity index (χ0n) is 17.1. The van der Waals surface area contributed by atoms with Crippen molar-refractivity contribution in [2.75, 3.05) is 11.4 Å². The Morgan fingerprint density at radius 2 is 1.88 bits per heavy atom. The highest BCUT2D eigenvalue weighted by Crippen LogP contribution is 2.70. The molecule has 0 N–H and O–H groups in total. The molecule has 0 radical (unpaired) electrons. The summed E-state index contributed by atoms with van der Waals surface area (Å²) in [6.07, 6.45) is -3.42. The van der Waals surface area contributed by atoms with Gasteiger partial charge in [-0.25, -0.2) is 22.7 Å². The van der Waals surface area contributed by atoms with Crippen molar-refractivity contribution >= 4 is 34.9 Å². The van der Waals surface area contributed by atoms with Crippen LogP contribution in [0.4, 0.5) is 37.7 Å². The average Bonchev–Trinajstić information content (AvgIpc) is 3.01. The van der Waals surface area contributed by atoms with Gasteiger partial charge >= 0.3 is 6.18 Å². The summed E-state index contributed by atoms with van der Waals surface area (Å²) in [4.78, 5) is 16.3. The Balaban J connectivity index is 1.64. The monoisotopic (exact) mass is 488 g/mol. The van der Waals surface area contributed by atoms with E-state index in [0.717, 1.165) is 35.4 Å². The maximum atomic E-state index is 15.1. The third-order valence-corrected chi connectivity index (χ3v) is 6.97. The SMILES string of the molecule is CC1(C(F)(F)F)CN(c2ccc(C3C(F)(F)C3(C)C=O)cc2F)c2cnc3cc(Cl)nn3c21. The number of hydrogen-bond donors (Lipinski definition) is 0. The summed E-state index contributed by atoms with van der Waals surface area (Å²) in [5.41, 5.74) is -4.98. The quantitative estimate of drug-likeness (QED) is 0.364. The summed E-state index contributed by atoms with van der Waals surface area (Å²) < 4.78 is 87.0. The van der Waals surface area contributed by atoms with Gasteiger partial charge in [-0.05, 0) is 31.5 Å². The van der Waals surface area contributed by atoms with Crippen LogP contribution >= 0.6 is 11.6 Å². The first-order valence-corrected chi connectivity index (χ1v) is 10.2. The standard InChI is InChI=1S/C21H15ClF6N4O/c1-18(21(26,27)28)8-31(13-7-29-15-6-14(22)30-32(15)17(13)18)12-4-3-10(5-11(12)23)16-19(2,9-33)20(16,24)25/h3-7,9,16H,8H2,1-2H3. The lowest BCUT2D eigenvalue weighted by Crippen LogP contribution is -2.43. The van der Waals surface area contributed by atoms with Gasteiger partial charge in [0, 0.05) is 12.6 Å². The van der Waals surface area contributed by atoms with E-state index in [9.17, 15) is 26.7 Å². The minimum atomic E-state index is -4.73. The maximum Gasteiger partial charge on any atom is 0.401 e. The fourth-order valence-corrected chi connectivity index (χ4v) is 4.87. The van der Waals surface area contributed by atoms with Gasteiger partial charge in [0.2, 0.25) is 0 Å². The fourth-order valence-electron chi connectivity index (χ4n) is 4.70. The number of aromatic nitrogens is 3. The van der Waals surface area contributed by atoms with Crippen LogP contribution in [0.2, 0.25) is 5.15 Å². The molecule has 3 atom stereocenters. The van der Waals surface area contributed by atoms with Gasteiger partial charge in [-0.1, -0.05) is 17.7 Å². The van der Waals surface area contributed by atoms with Crippen molar-refractivity contribution < 1.29 is 31.1 Å². The Hall–Kier alpha value is -2.82. The average molecular weight is 489 g/mol. The van der Waals surface area contributed by atoms with Crippen molar-refractivity contribution in [3.63, 3.8) is 0 Å². The molecule has 0 spiro atoms. The van der Waals surface area contributed by atoms with Crippen molar-refractivity contribution in [2.24, 2.45) is 5.41 Å². The number of halogens is 7. The normalized spacial score (nSPS) is 28.3. The Bertz CT molecular complexity index is 1320. The molecule has 174 valence electrons. The number of carbonyl (C=O) groups excluding carboxylic acids is 1. The van der Waals surface area contributed by atoms with Crippen LogP contribution in [0.5, 0.6) is 0 Å². The van der Waals surface area contributed by atoms with Crippen LogP contribution in [-0.2, 0) is 10.2 Å². The third-order valence-electron chi connectivity index (χ3n) is 6.79. The number of rotatable bonds is 3. The van der Waals surface area contributed by atoms with Gasteiger partial charge in [0.05, 0.1) is 34.6 Å². The van der Waals surface area contributed by atoms with E-state index >= 15 is 4.39 Å². The fraction of sp³-hybridized carbons (Fsp3) is 0.381. The number of aldehydes is 1. The molecule has 5 nitrogen and oxygen atoms in total. The molecule has 1 aliphatic heterocycles. The second-order valence-electron chi connectivity index (χ2n) is 8.81. The van der Waals surface area contributed by atoms with E-state index < -0.39 is 41.2 Å². The van der Waals surface area contributed by atoms with Crippen LogP contribution in [0.25, 0.3) is 5.65 Å². The Kier molecular flexibility index (Phi) is 4.26. The Labute approximate surface area is 188 Å². The lowest BCUT2D eigenvalue weighted by atomic mass is 9.87. The molecule has 1 aliphatic carbocycles. The van der Waals surface area contributed by atoms with Crippen molar-refractivity contribution in [1.29, 1.82) is 0 Å². The summed E-state index contributed by atoms with van der Waals surface area (Å²) >= 11 is 5.87. The first-order chi connectivity index (χ1) is 15.3. The molecule has 3 aromatic rings. The summed E-state index contributed by atoms with van der Waals surface area (Å²) in [5.74, 6) is -5.85. The van der Waals surface area contributed by atoms with Gasteiger partial charge in [-0.2, -0.15) is 18.3 Å². The van der Waals surface area contributed by atoms with Crippen LogP contribution in [0.15, 0.2) is 30.5 Å². The number of benzene rings is 1. The van der Waals surface area contributed by atoms with Crippen molar-refractivity contribution in [1.82, 2.24) is 14.6 Å². The lowest BCUT2D eigenvalue weighted by molar-refractivity contribution is -0.181. The highest BCUT2D eigenvalue weighted by atomic mass is 35.5. The molecule has 0 bridgehead atoms. The first-order valence-electron chi connectivity index (χ1n) is 9.79. The van der Waals surface area contributed by atoms with Gasteiger partial charge in [-0.15, -0.1) is 0 Å². The van der Waals surface area contributed by atoms with Crippen LogP contribution in [-0.4, -0.2) is 39.5 Å². The van der Waals surface area contributed by atoms with Gasteiger partial charge in [0.15, 0.2) is 10.8 Å². The van der Waals surface area contributed by atoms with Crippen molar-refractivity contribution in [3.05, 3.63) is 52.7 Å². The molecule has 1 aromatic carbocycles. The molecule has 33 heavy (non-hydrogen) atoms. The third kappa shape index (κ3) is 2.71. The summed E-state index contributed by atoms with van der Waals surface area (Å²) in [6, 6.07) is 4.47. The Morgan fingerprint density at radius 3 is 2.45 bits per heavy atom. The molecule has 2 aromatic heterocycles. The van der Waals surface area contributed by atoms with E-state index in [0.29, 0.717) is 0 Å². The molecule has 0 saturated heterocycles. The van der Waals surface area contributed by atoms with Crippen LogP contribution in [0.3, 0.4) is 0 Å². The van der Waals surface area contributed by atoms with Crippen LogP contribution in [0, 0.1) is 11.2 Å². The number of fused-ring (bicyclic) bond motifs is 3. The Morgan fingerprint density at radius 1 is 1.18 bits per heavy atom. The van der Waals surface area contributed by atoms with Gasteiger partial charge in [-0.3, -0.25) is 0 Å². The predicted molar refractivity (Wildman–Crippen MR) is 107 cm³/mol. The number of carbonyl (C=O) groups is 1. The van der Waals surface area contributed by atoms with Crippen molar-refractivity contribution in [3.8, 4) is 0 Å². The van der Waals surface area contributed by atoms with E-state index in [-0.39, 0.29) is 39.7 Å². The minimum absolute atomic E-state index is 0.0387. The summed E-state index contributed by atoms with van der Waals surface area (Å²) in [5, 5.41) is 3.86. The molecule has 0 amide bonds. The van der Waals surface area contributed by atoms with Gasteiger partial charge < -0.3 is 9.69 Å². The highest BCUT2D eigenvalue weighted by molar-refractivity contribution is 6.29. The lowest BCUT2D eigenvalue weighted by Gasteiger charge is -2.28. The summed E-state index contributed by atoms with van der Waals surface area (Å²) in [7, 11) is 0. The van der Waals surface area contributed by atoms with Crippen molar-refractivity contribution in [2.45, 2.75) is 37.3 Å². The van der Waals surface area contributed by atoms with E-state index in [4.69, 9.17) is 11.6 Å².